The first-order valence-corrected chi connectivity index (χ1v) is 9.63. The zero-order valence-electron chi connectivity index (χ0n) is 17.0. The van der Waals surface area contributed by atoms with Crippen LogP contribution in [0.3, 0.4) is 0 Å². The van der Waals surface area contributed by atoms with E-state index in [2.05, 4.69) is 10.3 Å². The maximum atomic E-state index is 12.9. The summed E-state index contributed by atoms with van der Waals surface area (Å²) in [6.07, 6.45) is 10.4. The SMILES string of the molecule is CN(C(=O)n1cnc(C2=CC=CNC2)c1)C1CCCN(C(=O)OC(C)(C)C)C1. The Morgan fingerprint density at radius 3 is 2.82 bits per heavy atom. The van der Waals surface area contributed by atoms with E-state index >= 15 is 0 Å². The summed E-state index contributed by atoms with van der Waals surface area (Å²) in [5, 5.41) is 3.13. The average Bonchev–Trinajstić information content (AvgIpc) is 3.16. The number of dihydropyridines is 1. The van der Waals surface area contributed by atoms with Crippen LogP contribution in [-0.4, -0.2) is 69.8 Å². The molecule has 28 heavy (non-hydrogen) atoms. The molecule has 152 valence electrons. The number of aromatic nitrogens is 2. The van der Waals surface area contributed by atoms with E-state index in [9.17, 15) is 9.59 Å². The zero-order chi connectivity index (χ0) is 20.3. The molecule has 8 nitrogen and oxygen atoms in total. The summed E-state index contributed by atoms with van der Waals surface area (Å²) >= 11 is 0. The van der Waals surface area contributed by atoms with Crippen molar-refractivity contribution in [2.45, 2.75) is 45.3 Å². The largest absolute Gasteiger partial charge is 0.444 e. The molecule has 1 atom stereocenters. The first-order valence-electron chi connectivity index (χ1n) is 9.63. The second-order valence-corrected chi connectivity index (χ2v) is 8.21. The second-order valence-electron chi connectivity index (χ2n) is 8.21. The third-order valence-corrected chi connectivity index (χ3v) is 4.83. The van der Waals surface area contributed by atoms with Crippen LogP contribution in [0.5, 0.6) is 0 Å². The molecule has 1 saturated heterocycles. The van der Waals surface area contributed by atoms with Gasteiger partial charge in [-0.3, -0.25) is 4.57 Å². The molecule has 0 bridgehead atoms. The Morgan fingerprint density at radius 1 is 1.36 bits per heavy atom. The van der Waals surface area contributed by atoms with Crippen LogP contribution in [0.1, 0.15) is 39.3 Å². The summed E-state index contributed by atoms with van der Waals surface area (Å²) in [6.45, 7) is 7.37. The van der Waals surface area contributed by atoms with Crippen molar-refractivity contribution >= 4 is 17.7 Å². The Morgan fingerprint density at radius 2 is 2.14 bits per heavy atom. The molecule has 2 amide bonds. The van der Waals surface area contributed by atoms with Crippen LogP contribution in [0, 0.1) is 0 Å². The Balaban J connectivity index is 1.64. The molecule has 0 spiro atoms. The van der Waals surface area contributed by atoms with Crippen molar-refractivity contribution in [3.05, 3.63) is 36.6 Å². The number of likely N-dealkylation sites (N-methyl/N-ethyl adjacent to an activating group) is 1. The number of piperidine rings is 1. The van der Waals surface area contributed by atoms with E-state index in [1.165, 1.54) is 4.57 Å². The van der Waals surface area contributed by atoms with Gasteiger partial charge in [-0.1, -0.05) is 6.08 Å². The van der Waals surface area contributed by atoms with Gasteiger partial charge in [-0.15, -0.1) is 0 Å². The topological polar surface area (TPSA) is 79.7 Å². The van der Waals surface area contributed by atoms with Gasteiger partial charge in [-0.25, -0.2) is 14.6 Å². The molecule has 1 fully saturated rings. The van der Waals surface area contributed by atoms with Crippen molar-refractivity contribution in [3.63, 3.8) is 0 Å². The molecule has 3 rings (SSSR count). The normalized spacial score (nSPS) is 19.6. The first kappa shape index (κ1) is 20.0. The molecule has 3 heterocycles. The maximum absolute atomic E-state index is 12.9. The van der Waals surface area contributed by atoms with Crippen molar-refractivity contribution in [2.75, 3.05) is 26.7 Å². The fourth-order valence-corrected chi connectivity index (χ4v) is 3.33. The van der Waals surface area contributed by atoms with Gasteiger partial charge in [0, 0.05) is 32.9 Å². The highest BCUT2D eigenvalue weighted by Gasteiger charge is 2.31. The van der Waals surface area contributed by atoms with Gasteiger partial charge in [-0.2, -0.15) is 0 Å². The quantitative estimate of drug-likeness (QED) is 0.844. The van der Waals surface area contributed by atoms with Crippen molar-refractivity contribution in [1.82, 2.24) is 24.7 Å². The predicted molar refractivity (Wildman–Crippen MR) is 107 cm³/mol. The van der Waals surface area contributed by atoms with Gasteiger partial charge >= 0.3 is 12.1 Å². The van der Waals surface area contributed by atoms with E-state index < -0.39 is 5.60 Å². The summed E-state index contributed by atoms with van der Waals surface area (Å²) in [4.78, 5) is 33.0. The van der Waals surface area contributed by atoms with Crippen molar-refractivity contribution in [2.24, 2.45) is 0 Å². The van der Waals surface area contributed by atoms with Gasteiger partial charge in [0.15, 0.2) is 0 Å². The Hall–Kier alpha value is -2.77. The number of ether oxygens (including phenoxy) is 1. The van der Waals surface area contributed by atoms with E-state index in [0.29, 0.717) is 19.6 Å². The third kappa shape index (κ3) is 4.74. The van der Waals surface area contributed by atoms with E-state index in [1.54, 1.807) is 29.4 Å². The Labute approximate surface area is 165 Å². The van der Waals surface area contributed by atoms with Crippen LogP contribution in [0.2, 0.25) is 0 Å². The highest BCUT2D eigenvalue weighted by Crippen LogP contribution is 2.20. The summed E-state index contributed by atoms with van der Waals surface area (Å²) < 4.78 is 6.97. The smallest absolute Gasteiger partial charge is 0.410 e. The van der Waals surface area contributed by atoms with Crippen LogP contribution < -0.4 is 5.32 Å². The number of hydrogen-bond acceptors (Lipinski definition) is 5. The lowest BCUT2D eigenvalue weighted by atomic mass is 10.1. The number of allylic oxidation sites excluding steroid dienone is 2. The van der Waals surface area contributed by atoms with E-state index in [0.717, 1.165) is 24.1 Å². The number of rotatable bonds is 2. The second kappa shape index (κ2) is 8.08. The molecule has 0 saturated carbocycles. The average molecular weight is 387 g/mol. The highest BCUT2D eigenvalue weighted by atomic mass is 16.6. The molecule has 1 aromatic heterocycles. The van der Waals surface area contributed by atoms with Crippen LogP contribution in [0.25, 0.3) is 5.57 Å². The third-order valence-electron chi connectivity index (χ3n) is 4.83. The lowest BCUT2D eigenvalue weighted by Gasteiger charge is -2.38. The van der Waals surface area contributed by atoms with Crippen LogP contribution >= 0.6 is 0 Å². The molecule has 0 radical (unpaired) electrons. The lowest BCUT2D eigenvalue weighted by molar-refractivity contribution is 0.0146. The summed E-state index contributed by atoms with van der Waals surface area (Å²) in [7, 11) is 1.77. The molecule has 1 aromatic rings. The molecule has 8 heteroatoms. The van der Waals surface area contributed by atoms with Crippen LogP contribution in [0.4, 0.5) is 9.59 Å². The Bertz CT molecular complexity index is 790. The van der Waals surface area contributed by atoms with Crippen molar-refractivity contribution in [3.8, 4) is 0 Å². The van der Waals surface area contributed by atoms with Crippen LogP contribution in [-0.2, 0) is 4.74 Å². The van der Waals surface area contributed by atoms with Gasteiger partial charge in [-0.05, 0) is 51.5 Å². The van der Waals surface area contributed by atoms with E-state index in [-0.39, 0.29) is 18.2 Å². The standard InChI is InChI=1S/C20H29N5O3/c1-20(2,3)28-19(27)24-10-6-8-16(12-24)23(4)18(26)25-13-17(22-14-25)15-7-5-9-21-11-15/h5,7,9,13-14,16,21H,6,8,10-12H2,1-4H3. The van der Waals surface area contributed by atoms with Gasteiger partial charge in [0.05, 0.1) is 11.7 Å². The Kier molecular flexibility index (Phi) is 5.76. The van der Waals surface area contributed by atoms with Gasteiger partial charge in [0.1, 0.15) is 11.9 Å². The van der Waals surface area contributed by atoms with E-state index in [4.69, 9.17) is 4.74 Å². The number of nitrogens with one attached hydrogen (secondary N) is 1. The minimum atomic E-state index is -0.531. The lowest BCUT2D eigenvalue weighted by Crippen LogP contribution is -2.51. The molecule has 2 aliphatic heterocycles. The minimum absolute atomic E-state index is 0.0573. The molecule has 0 aromatic carbocycles. The number of imidazole rings is 1. The first-order chi connectivity index (χ1) is 13.2. The molecular formula is C20H29N5O3. The number of likely N-dealkylation sites (tertiary alicyclic amines) is 1. The number of hydrogen-bond donors (Lipinski definition) is 1. The molecule has 1 unspecified atom stereocenters. The number of amides is 2. The fourth-order valence-electron chi connectivity index (χ4n) is 3.33. The zero-order valence-corrected chi connectivity index (χ0v) is 17.0. The van der Waals surface area contributed by atoms with Crippen molar-refractivity contribution in [1.29, 1.82) is 0 Å². The highest BCUT2D eigenvalue weighted by molar-refractivity contribution is 5.78. The summed E-state index contributed by atoms with van der Waals surface area (Å²) in [5.41, 5.74) is 1.28. The van der Waals surface area contributed by atoms with Gasteiger partial charge in [0.25, 0.3) is 0 Å². The minimum Gasteiger partial charge on any atom is -0.444 e. The van der Waals surface area contributed by atoms with Gasteiger partial charge in [0.2, 0.25) is 0 Å². The monoisotopic (exact) mass is 387 g/mol. The molecule has 1 N–H and O–H groups in total. The maximum Gasteiger partial charge on any atom is 0.410 e. The summed E-state index contributed by atoms with van der Waals surface area (Å²) in [5.74, 6) is 0. The summed E-state index contributed by atoms with van der Waals surface area (Å²) in [6, 6.07) is -0.215. The van der Waals surface area contributed by atoms with Crippen molar-refractivity contribution < 1.29 is 14.3 Å². The van der Waals surface area contributed by atoms with E-state index in [1.807, 2.05) is 39.1 Å². The number of carbonyl (C=O) groups is 2. The number of nitrogens with zero attached hydrogens (tertiary/aromatic N) is 4. The van der Waals surface area contributed by atoms with Crippen LogP contribution in [0.15, 0.2) is 30.9 Å². The molecular weight excluding hydrogens is 358 g/mol. The number of carbonyl (C=O) groups excluding carboxylic acids is 2. The molecule has 2 aliphatic rings. The fraction of sp³-hybridized carbons (Fsp3) is 0.550. The molecule has 0 aliphatic carbocycles. The predicted octanol–water partition coefficient (Wildman–Crippen LogP) is 2.68. The van der Waals surface area contributed by atoms with Gasteiger partial charge < -0.3 is 19.9 Å².